The second-order valence-electron chi connectivity index (χ2n) is 3.37. The lowest BCUT2D eigenvalue weighted by molar-refractivity contribution is 0.616. The Morgan fingerprint density at radius 2 is 2.27 bits per heavy atom. The molecule has 0 aliphatic heterocycles. The van der Waals surface area contributed by atoms with Gasteiger partial charge in [-0.15, -0.1) is 0 Å². The summed E-state index contributed by atoms with van der Waals surface area (Å²) in [6.07, 6.45) is 2.75. The summed E-state index contributed by atoms with van der Waals surface area (Å²) in [4.78, 5) is 8.55. The molecule has 2 heterocycles. The molecular weight excluding hydrogens is 192 g/mol. The van der Waals surface area contributed by atoms with E-state index in [1.54, 1.807) is 6.20 Å². The first kappa shape index (κ1) is 9.85. The molecule has 6 nitrogen and oxygen atoms in total. The Morgan fingerprint density at radius 1 is 1.47 bits per heavy atom. The lowest BCUT2D eigenvalue weighted by Crippen LogP contribution is -2.10. The first-order valence-electron chi connectivity index (χ1n) is 4.93. The standard InChI is InChI=1S/C9H14N6/c1-3-4-15-9-7(5-11-15)8(14-10)12-6(2)13-9/h5H,3-4,10H2,1-2H3,(H,12,13,14). The van der Waals surface area contributed by atoms with Crippen molar-refractivity contribution in [3.8, 4) is 0 Å². The fraction of sp³-hybridized carbons (Fsp3) is 0.444. The lowest BCUT2D eigenvalue weighted by atomic mass is 10.4. The van der Waals surface area contributed by atoms with Crippen molar-refractivity contribution in [1.29, 1.82) is 0 Å². The van der Waals surface area contributed by atoms with Gasteiger partial charge in [0.1, 0.15) is 5.82 Å². The maximum Gasteiger partial charge on any atom is 0.163 e. The third-order valence-corrected chi connectivity index (χ3v) is 2.18. The number of rotatable bonds is 3. The van der Waals surface area contributed by atoms with Crippen molar-refractivity contribution >= 4 is 16.9 Å². The minimum absolute atomic E-state index is 0.625. The lowest BCUT2D eigenvalue weighted by Gasteiger charge is -2.03. The summed E-state index contributed by atoms with van der Waals surface area (Å²) in [5, 5.41) is 5.11. The Morgan fingerprint density at radius 3 is 2.93 bits per heavy atom. The monoisotopic (exact) mass is 206 g/mol. The van der Waals surface area contributed by atoms with Gasteiger partial charge < -0.3 is 5.43 Å². The van der Waals surface area contributed by atoms with Crippen molar-refractivity contribution < 1.29 is 0 Å². The highest BCUT2D eigenvalue weighted by atomic mass is 15.3. The van der Waals surface area contributed by atoms with E-state index in [1.165, 1.54) is 0 Å². The molecule has 0 aliphatic rings. The van der Waals surface area contributed by atoms with Gasteiger partial charge in [0.2, 0.25) is 0 Å². The molecule has 2 aromatic rings. The Labute approximate surface area is 87.5 Å². The molecule has 0 unspecified atom stereocenters. The van der Waals surface area contributed by atoms with E-state index in [0.29, 0.717) is 11.6 Å². The maximum atomic E-state index is 5.39. The molecule has 0 aliphatic carbocycles. The molecule has 0 aromatic carbocycles. The third kappa shape index (κ3) is 1.63. The smallest absolute Gasteiger partial charge is 0.163 e. The van der Waals surface area contributed by atoms with Crippen molar-refractivity contribution in [2.75, 3.05) is 5.43 Å². The summed E-state index contributed by atoms with van der Waals surface area (Å²) in [5.74, 6) is 6.70. The fourth-order valence-corrected chi connectivity index (χ4v) is 1.55. The number of nitrogens with two attached hydrogens (primary N) is 1. The Balaban J connectivity index is 2.64. The zero-order valence-electron chi connectivity index (χ0n) is 8.86. The zero-order valence-corrected chi connectivity index (χ0v) is 8.86. The minimum Gasteiger partial charge on any atom is -0.308 e. The van der Waals surface area contributed by atoms with Crippen molar-refractivity contribution in [1.82, 2.24) is 19.7 Å². The predicted octanol–water partition coefficient (Wildman–Crippen LogP) is 0.830. The van der Waals surface area contributed by atoms with Crippen LogP contribution in [0, 0.1) is 6.92 Å². The summed E-state index contributed by atoms with van der Waals surface area (Å²) in [6, 6.07) is 0. The molecule has 2 aromatic heterocycles. The molecule has 0 atom stereocenters. The number of hydrogen-bond donors (Lipinski definition) is 2. The van der Waals surface area contributed by atoms with Gasteiger partial charge in [-0.25, -0.2) is 20.5 Å². The third-order valence-electron chi connectivity index (χ3n) is 2.18. The average molecular weight is 206 g/mol. The van der Waals surface area contributed by atoms with Gasteiger partial charge in [0.15, 0.2) is 11.5 Å². The van der Waals surface area contributed by atoms with Gasteiger partial charge >= 0.3 is 0 Å². The van der Waals surface area contributed by atoms with Gasteiger partial charge in [-0.3, -0.25) is 0 Å². The van der Waals surface area contributed by atoms with E-state index in [4.69, 9.17) is 5.84 Å². The van der Waals surface area contributed by atoms with Crippen LogP contribution in [0.1, 0.15) is 19.2 Å². The van der Waals surface area contributed by atoms with Gasteiger partial charge in [-0.1, -0.05) is 6.92 Å². The molecule has 3 N–H and O–H groups in total. The predicted molar refractivity (Wildman–Crippen MR) is 58.2 cm³/mol. The van der Waals surface area contributed by atoms with E-state index < -0.39 is 0 Å². The minimum atomic E-state index is 0.625. The van der Waals surface area contributed by atoms with Crippen LogP contribution in [0.3, 0.4) is 0 Å². The van der Waals surface area contributed by atoms with Crippen LogP contribution in [0.4, 0.5) is 5.82 Å². The molecule has 0 amide bonds. The Bertz CT molecular complexity index is 475. The fourth-order valence-electron chi connectivity index (χ4n) is 1.55. The number of fused-ring (bicyclic) bond motifs is 1. The summed E-state index contributed by atoms with van der Waals surface area (Å²) in [7, 11) is 0. The number of aryl methyl sites for hydroxylation is 2. The number of aromatic nitrogens is 4. The topological polar surface area (TPSA) is 81.7 Å². The van der Waals surface area contributed by atoms with Crippen molar-refractivity contribution in [3.63, 3.8) is 0 Å². The van der Waals surface area contributed by atoms with E-state index in [2.05, 4.69) is 27.4 Å². The molecule has 6 heteroatoms. The van der Waals surface area contributed by atoms with E-state index in [0.717, 1.165) is 24.0 Å². The van der Waals surface area contributed by atoms with Crippen LogP contribution in [0.15, 0.2) is 6.20 Å². The van der Waals surface area contributed by atoms with Crippen LogP contribution in [0.5, 0.6) is 0 Å². The summed E-state index contributed by atoms with van der Waals surface area (Å²) >= 11 is 0. The van der Waals surface area contributed by atoms with E-state index in [-0.39, 0.29) is 0 Å². The van der Waals surface area contributed by atoms with Crippen LogP contribution >= 0.6 is 0 Å². The summed E-state index contributed by atoms with van der Waals surface area (Å²) in [5.41, 5.74) is 3.39. The van der Waals surface area contributed by atoms with E-state index in [1.807, 2.05) is 11.6 Å². The van der Waals surface area contributed by atoms with Crippen molar-refractivity contribution in [3.05, 3.63) is 12.0 Å². The Kier molecular flexibility index (Phi) is 2.51. The molecule has 80 valence electrons. The SMILES string of the molecule is CCCn1ncc2c(NN)nc(C)nc21. The number of nitrogen functional groups attached to an aromatic ring is 1. The van der Waals surface area contributed by atoms with Crippen LogP contribution in [-0.4, -0.2) is 19.7 Å². The highest BCUT2D eigenvalue weighted by Gasteiger charge is 2.09. The van der Waals surface area contributed by atoms with Crippen LogP contribution in [0.2, 0.25) is 0 Å². The van der Waals surface area contributed by atoms with Crippen LogP contribution in [-0.2, 0) is 6.54 Å². The first-order chi connectivity index (χ1) is 7.26. The quantitative estimate of drug-likeness (QED) is 0.574. The molecule has 0 saturated carbocycles. The average Bonchev–Trinajstić information content (AvgIpc) is 2.61. The summed E-state index contributed by atoms with van der Waals surface area (Å²) < 4.78 is 1.87. The van der Waals surface area contributed by atoms with Gasteiger partial charge in [0.25, 0.3) is 0 Å². The molecule has 0 radical (unpaired) electrons. The number of hydrazine groups is 1. The summed E-state index contributed by atoms with van der Waals surface area (Å²) in [6.45, 7) is 4.79. The number of nitrogens with one attached hydrogen (secondary N) is 1. The first-order valence-corrected chi connectivity index (χ1v) is 4.93. The second-order valence-corrected chi connectivity index (χ2v) is 3.37. The zero-order chi connectivity index (χ0) is 10.8. The molecule has 15 heavy (non-hydrogen) atoms. The van der Waals surface area contributed by atoms with Gasteiger partial charge in [0, 0.05) is 6.54 Å². The second kappa shape index (κ2) is 3.82. The van der Waals surface area contributed by atoms with Gasteiger partial charge in [-0.2, -0.15) is 5.10 Å². The number of hydrogen-bond acceptors (Lipinski definition) is 5. The largest absolute Gasteiger partial charge is 0.308 e. The van der Waals surface area contributed by atoms with E-state index >= 15 is 0 Å². The van der Waals surface area contributed by atoms with Crippen LogP contribution in [0.25, 0.3) is 11.0 Å². The van der Waals surface area contributed by atoms with Crippen molar-refractivity contribution in [2.24, 2.45) is 5.84 Å². The Hall–Kier alpha value is -1.69. The van der Waals surface area contributed by atoms with Gasteiger partial charge in [0.05, 0.1) is 11.6 Å². The number of nitrogens with zero attached hydrogens (tertiary/aromatic N) is 4. The molecule has 0 bridgehead atoms. The highest BCUT2D eigenvalue weighted by Crippen LogP contribution is 2.18. The molecule has 0 spiro atoms. The molecular formula is C9H14N6. The highest BCUT2D eigenvalue weighted by molar-refractivity contribution is 5.86. The normalized spacial score (nSPS) is 10.9. The molecule has 2 rings (SSSR count). The molecule has 0 fully saturated rings. The molecule has 0 saturated heterocycles. The van der Waals surface area contributed by atoms with Crippen LogP contribution < -0.4 is 11.3 Å². The van der Waals surface area contributed by atoms with Gasteiger partial charge in [-0.05, 0) is 13.3 Å². The number of anilines is 1. The maximum absolute atomic E-state index is 5.39. The van der Waals surface area contributed by atoms with E-state index in [9.17, 15) is 0 Å². The van der Waals surface area contributed by atoms with Crippen molar-refractivity contribution in [2.45, 2.75) is 26.8 Å².